The Morgan fingerprint density at radius 3 is 2.38 bits per heavy atom. The molecule has 1 aliphatic carbocycles. The third kappa shape index (κ3) is 1.95. The Balaban J connectivity index is 1.98. The minimum Gasteiger partial charge on any atom is -0.488 e. The minimum absolute atomic E-state index is 0.0267. The fraction of sp³-hybridized carbons (Fsp3) is 0.400. The largest absolute Gasteiger partial charge is 0.488 e. The lowest BCUT2D eigenvalue weighted by Gasteiger charge is -2.32. The number of ether oxygens (including phenoxy) is 1. The van der Waals surface area contributed by atoms with Gasteiger partial charge in [-0.05, 0) is 37.1 Å². The molecule has 0 aromatic heterocycles. The van der Waals surface area contributed by atoms with E-state index in [1.807, 2.05) is 12.1 Å². The number of benzene rings is 1. The molecule has 0 amide bonds. The van der Waals surface area contributed by atoms with Crippen molar-refractivity contribution in [3.63, 3.8) is 0 Å². The maximum Gasteiger partial charge on any atom is 0.125 e. The zero-order chi connectivity index (χ0) is 9.26. The van der Waals surface area contributed by atoms with Gasteiger partial charge in [0.05, 0.1) is 6.10 Å². The van der Waals surface area contributed by atoms with E-state index in [0.717, 1.165) is 18.6 Å². The fourth-order valence-electron chi connectivity index (χ4n) is 1.28. The summed E-state index contributed by atoms with van der Waals surface area (Å²) in [5.74, 6) is 0.771. The van der Waals surface area contributed by atoms with Crippen molar-refractivity contribution >= 4 is 11.6 Å². The van der Waals surface area contributed by atoms with Crippen LogP contribution in [0.5, 0.6) is 5.75 Å². The van der Waals surface area contributed by atoms with Gasteiger partial charge in [0.25, 0.3) is 0 Å². The number of hydrogen-bond donors (Lipinski definition) is 1. The van der Waals surface area contributed by atoms with Crippen molar-refractivity contribution in [2.45, 2.75) is 25.0 Å². The van der Waals surface area contributed by atoms with Crippen molar-refractivity contribution < 1.29 is 9.84 Å². The normalized spacial score (nSPS) is 26.6. The summed E-state index contributed by atoms with van der Waals surface area (Å²) < 4.78 is 5.51. The topological polar surface area (TPSA) is 29.5 Å². The molecule has 0 heterocycles. The second-order valence-corrected chi connectivity index (χ2v) is 3.69. The Labute approximate surface area is 82.1 Å². The maximum absolute atomic E-state index is 9.27. The summed E-state index contributed by atoms with van der Waals surface area (Å²) in [6, 6.07) is 7.19. The van der Waals surface area contributed by atoms with E-state index in [9.17, 15) is 5.11 Å². The summed E-state index contributed by atoms with van der Waals surface area (Å²) in [6.45, 7) is 0. The van der Waals surface area contributed by atoms with Crippen molar-refractivity contribution in [3.05, 3.63) is 29.3 Å². The summed E-state index contributed by atoms with van der Waals surface area (Å²) in [5.41, 5.74) is 0. The zero-order valence-electron chi connectivity index (χ0n) is 7.11. The number of halogens is 1. The van der Waals surface area contributed by atoms with E-state index in [-0.39, 0.29) is 12.2 Å². The zero-order valence-corrected chi connectivity index (χ0v) is 7.87. The predicted octanol–water partition coefficient (Wildman–Crippen LogP) is 2.24. The van der Waals surface area contributed by atoms with Crippen LogP contribution in [0.25, 0.3) is 0 Å². The fourth-order valence-corrected chi connectivity index (χ4v) is 1.40. The Bertz CT molecular complexity index is 283. The quantitative estimate of drug-likeness (QED) is 0.790. The molecule has 0 radical (unpaired) electrons. The molecule has 0 bridgehead atoms. The second kappa shape index (κ2) is 3.56. The molecule has 3 heteroatoms. The molecule has 1 saturated carbocycles. The van der Waals surface area contributed by atoms with Gasteiger partial charge in [-0.25, -0.2) is 0 Å². The first-order valence-corrected chi connectivity index (χ1v) is 4.74. The monoisotopic (exact) mass is 198 g/mol. The van der Waals surface area contributed by atoms with Crippen molar-refractivity contribution in [3.8, 4) is 5.75 Å². The summed E-state index contributed by atoms with van der Waals surface area (Å²) >= 11 is 5.72. The van der Waals surface area contributed by atoms with Gasteiger partial charge in [0.15, 0.2) is 0 Å². The van der Waals surface area contributed by atoms with Gasteiger partial charge in [-0.1, -0.05) is 11.6 Å². The Hall–Kier alpha value is -0.730. The van der Waals surface area contributed by atoms with Gasteiger partial charge in [-0.3, -0.25) is 0 Å². The lowest BCUT2D eigenvalue weighted by atomic mass is 9.92. The highest BCUT2D eigenvalue weighted by Gasteiger charge is 2.30. The van der Waals surface area contributed by atoms with E-state index in [2.05, 4.69) is 0 Å². The van der Waals surface area contributed by atoms with Crippen LogP contribution in [0.3, 0.4) is 0 Å². The van der Waals surface area contributed by atoms with Crippen LogP contribution in [0.2, 0.25) is 5.02 Å². The molecule has 1 aromatic rings. The van der Waals surface area contributed by atoms with Crippen molar-refractivity contribution in [1.82, 2.24) is 0 Å². The molecule has 1 aliphatic rings. The van der Waals surface area contributed by atoms with E-state index < -0.39 is 0 Å². The molecule has 13 heavy (non-hydrogen) atoms. The van der Waals surface area contributed by atoms with Gasteiger partial charge >= 0.3 is 0 Å². The van der Waals surface area contributed by atoms with Gasteiger partial charge in [-0.2, -0.15) is 0 Å². The second-order valence-electron chi connectivity index (χ2n) is 3.25. The van der Waals surface area contributed by atoms with E-state index in [1.165, 1.54) is 0 Å². The van der Waals surface area contributed by atoms with Gasteiger partial charge in [-0.15, -0.1) is 0 Å². The highest BCUT2D eigenvalue weighted by molar-refractivity contribution is 6.30. The number of hydrogen-bond acceptors (Lipinski definition) is 2. The molecule has 2 atom stereocenters. The molecule has 0 spiro atoms. The third-order valence-electron chi connectivity index (χ3n) is 2.28. The average Bonchev–Trinajstić information content (AvgIpc) is 2.15. The number of aliphatic hydroxyl groups excluding tert-OH is 1. The Morgan fingerprint density at radius 2 is 1.92 bits per heavy atom. The lowest BCUT2D eigenvalue weighted by Crippen LogP contribution is -2.41. The summed E-state index contributed by atoms with van der Waals surface area (Å²) in [4.78, 5) is 0. The van der Waals surface area contributed by atoms with Gasteiger partial charge in [0, 0.05) is 5.02 Å². The molecular weight excluding hydrogens is 188 g/mol. The lowest BCUT2D eigenvalue weighted by molar-refractivity contribution is -0.0361. The molecule has 0 aliphatic heterocycles. The van der Waals surface area contributed by atoms with E-state index in [4.69, 9.17) is 16.3 Å². The standard InChI is InChI=1S/C10H11ClO2/c11-7-1-3-8(4-2-7)13-10-6-5-9(10)12/h1-4,9-10,12H,5-6H2. The van der Waals surface area contributed by atoms with Crippen LogP contribution >= 0.6 is 11.6 Å². The molecule has 2 nitrogen and oxygen atoms in total. The first-order chi connectivity index (χ1) is 6.25. The molecule has 1 aromatic carbocycles. The SMILES string of the molecule is OC1CCC1Oc1ccc(Cl)cc1. The smallest absolute Gasteiger partial charge is 0.125 e. The van der Waals surface area contributed by atoms with E-state index in [0.29, 0.717) is 5.02 Å². The van der Waals surface area contributed by atoms with E-state index >= 15 is 0 Å². The summed E-state index contributed by atoms with van der Waals surface area (Å²) in [5, 5.41) is 9.97. The van der Waals surface area contributed by atoms with Crippen molar-refractivity contribution in [1.29, 1.82) is 0 Å². The molecular formula is C10H11ClO2. The molecule has 2 unspecified atom stereocenters. The van der Waals surface area contributed by atoms with Crippen LogP contribution in [0, 0.1) is 0 Å². The average molecular weight is 199 g/mol. The summed E-state index contributed by atoms with van der Waals surface area (Å²) in [6.07, 6.45) is 1.46. The van der Waals surface area contributed by atoms with Crippen molar-refractivity contribution in [2.75, 3.05) is 0 Å². The van der Waals surface area contributed by atoms with Crippen LogP contribution < -0.4 is 4.74 Å². The number of rotatable bonds is 2. The summed E-state index contributed by atoms with van der Waals surface area (Å²) in [7, 11) is 0. The van der Waals surface area contributed by atoms with Gasteiger partial charge in [0.2, 0.25) is 0 Å². The van der Waals surface area contributed by atoms with Crippen LogP contribution in [0.15, 0.2) is 24.3 Å². The molecule has 0 saturated heterocycles. The van der Waals surface area contributed by atoms with E-state index in [1.54, 1.807) is 12.1 Å². The first-order valence-electron chi connectivity index (χ1n) is 4.36. The van der Waals surface area contributed by atoms with Crippen LogP contribution in [0.1, 0.15) is 12.8 Å². The Kier molecular flexibility index (Phi) is 2.42. The molecule has 2 rings (SSSR count). The molecule has 70 valence electrons. The maximum atomic E-state index is 9.27. The molecule has 1 N–H and O–H groups in total. The minimum atomic E-state index is -0.296. The van der Waals surface area contributed by atoms with Crippen LogP contribution in [-0.2, 0) is 0 Å². The third-order valence-corrected chi connectivity index (χ3v) is 2.53. The van der Waals surface area contributed by atoms with Gasteiger partial charge < -0.3 is 9.84 Å². The van der Waals surface area contributed by atoms with Gasteiger partial charge in [0.1, 0.15) is 11.9 Å². The Morgan fingerprint density at radius 1 is 1.23 bits per heavy atom. The van der Waals surface area contributed by atoms with Crippen LogP contribution in [-0.4, -0.2) is 17.3 Å². The van der Waals surface area contributed by atoms with Crippen LogP contribution in [0.4, 0.5) is 0 Å². The molecule has 1 fully saturated rings. The highest BCUT2D eigenvalue weighted by atomic mass is 35.5. The predicted molar refractivity (Wildman–Crippen MR) is 51.1 cm³/mol. The highest BCUT2D eigenvalue weighted by Crippen LogP contribution is 2.26. The first kappa shape index (κ1) is 8.85. The number of aliphatic hydroxyl groups is 1. The van der Waals surface area contributed by atoms with Crippen molar-refractivity contribution in [2.24, 2.45) is 0 Å².